The predicted octanol–water partition coefficient (Wildman–Crippen LogP) is 1.19. The molecule has 1 aliphatic rings. The Morgan fingerprint density at radius 3 is 2.52 bits per heavy atom. The molecule has 0 spiro atoms. The minimum absolute atomic E-state index is 0.182. The summed E-state index contributed by atoms with van der Waals surface area (Å²) in [5.74, 6) is -0.263. The van der Waals surface area contributed by atoms with Crippen LogP contribution in [-0.4, -0.2) is 26.1 Å². The third-order valence-electron chi connectivity index (χ3n) is 4.69. The highest BCUT2D eigenvalue weighted by Crippen LogP contribution is 2.18. The first-order chi connectivity index (χ1) is 13.0. The van der Waals surface area contributed by atoms with E-state index in [1.165, 1.54) is 9.13 Å². The van der Waals surface area contributed by atoms with Crippen LogP contribution >= 0.6 is 0 Å². The lowest BCUT2D eigenvalue weighted by molar-refractivity contribution is -0.121. The van der Waals surface area contributed by atoms with Crippen molar-refractivity contribution in [3.63, 3.8) is 0 Å². The minimum atomic E-state index is -0.714. The van der Waals surface area contributed by atoms with E-state index in [0.717, 1.165) is 24.0 Å². The zero-order chi connectivity index (χ0) is 19.0. The number of pyridine rings is 1. The first kappa shape index (κ1) is 17.2. The summed E-state index contributed by atoms with van der Waals surface area (Å²) in [6, 6.07) is 11.4. The minimum Gasteiger partial charge on any atom is -0.352 e. The lowest BCUT2D eigenvalue weighted by Crippen LogP contribution is -2.44. The molecule has 0 atom stereocenters. The topological polar surface area (TPSA) is 86.0 Å². The number of amides is 1. The van der Waals surface area contributed by atoms with Crippen molar-refractivity contribution in [1.82, 2.24) is 19.4 Å². The first-order valence-corrected chi connectivity index (χ1v) is 8.96. The van der Waals surface area contributed by atoms with E-state index in [-0.39, 0.29) is 25.0 Å². The quantitative estimate of drug-likeness (QED) is 0.689. The summed E-state index contributed by atoms with van der Waals surface area (Å²) in [5, 5.41) is 2.85. The summed E-state index contributed by atoms with van der Waals surface area (Å²) in [6.07, 6.45) is 3.49. The molecular weight excluding hydrogens is 344 g/mol. The van der Waals surface area contributed by atoms with E-state index in [1.54, 1.807) is 18.3 Å². The lowest BCUT2D eigenvalue weighted by Gasteiger charge is -2.14. The Morgan fingerprint density at radius 2 is 1.81 bits per heavy atom. The Kier molecular flexibility index (Phi) is 4.35. The summed E-state index contributed by atoms with van der Waals surface area (Å²) >= 11 is 0. The third kappa shape index (κ3) is 3.53. The number of hydrogen-bond acceptors (Lipinski definition) is 4. The number of hydrogen-bond donors (Lipinski definition) is 1. The Hall–Kier alpha value is -3.22. The lowest BCUT2D eigenvalue weighted by atomic mass is 10.1. The fraction of sp³-hybridized carbons (Fsp3) is 0.300. The number of fused-ring (bicyclic) bond motifs is 1. The fourth-order valence-electron chi connectivity index (χ4n) is 3.07. The van der Waals surface area contributed by atoms with Gasteiger partial charge >= 0.3 is 11.1 Å². The third-order valence-corrected chi connectivity index (χ3v) is 4.69. The van der Waals surface area contributed by atoms with Gasteiger partial charge in [0.2, 0.25) is 5.91 Å². The van der Waals surface area contributed by atoms with Gasteiger partial charge in [-0.3, -0.25) is 23.5 Å². The van der Waals surface area contributed by atoms with Gasteiger partial charge < -0.3 is 5.32 Å². The van der Waals surface area contributed by atoms with E-state index in [1.807, 2.05) is 31.2 Å². The number of nitrogens with zero attached hydrogens (tertiary/aromatic N) is 3. The Balaban J connectivity index is 1.79. The van der Waals surface area contributed by atoms with Gasteiger partial charge in [-0.25, -0.2) is 4.98 Å². The van der Waals surface area contributed by atoms with Gasteiger partial charge in [0.1, 0.15) is 6.54 Å². The molecule has 27 heavy (non-hydrogen) atoms. The maximum Gasteiger partial charge on any atom is 0.318 e. The van der Waals surface area contributed by atoms with Gasteiger partial charge in [-0.1, -0.05) is 29.8 Å². The van der Waals surface area contributed by atoms with Crippen molar-refractivity contribution < 1.29 is 4.79 Å². The molecule has 7 heteroatoms. The van der Waals surface area contributed by atoms with Gasteiger partial charge in [0, 0.05) is 12.2 Å². The average Bonchev–Trinajstić information content (AvgIpc) is 3.48. The Morgan fingerprint density at radius 1 is 1.11 bits per heavy atom. The van der Waals surface area contributed by atoms with Crippen LogP contribution in [0.2, 0.25) is 0 Å². The first-order valence-electron chi connectivity index (χ1n) is 8.96. The van der Waals surface area contributed by atoms with Gasteiger partial charge in [-0.2, -0.15) is 0 Å². The standard InChI is InChI=1S/C20H20N4O3/c1-13-4-6-14(7-5-13)11-24-18-16(3-2-10-21-18)23(19(26)20(24)27)12-17(25)22-15-8-9-15/h2-7,10,15H,8-9,11-12H2,1H3,(H,22,25). The van der Waals surface area contributed by atoms with Gasteiger partial charge in [0.15, 0.2) is 5.65 Å². The second-order valence-corrected chi connectivity index (χ2v) is 6.96. The number of rotatable bonds is 5. The van der Waals surface area contributed by atoms with Crippen LogP contribution in [0.4, 0.5) is 0 Å². The number of aryl methyl sites for hydroxylation is 1. The SMILES string of the molecule is Cc1ccc(Cn2c(=O)c(=O)n(CC(=O)NC3CC3)c3cccnc32)cc1. The molecule has 1 aromatic carbocycles. The fourth-order valence-corrected chi connectivity index (χ4v) is 3.07. The largest absolute Gasteiger partial charge is 0.352 e. The van der Waals surface area contributed by atoms with E-state index in [2.05, 4.69) is 10.3 Å². The van der Waals surface area contributed by atoms with E-state index in [4.69, 9.17) is 0 Å². The molecule has 7 nitrogen and oxygen atoms in total. The summed E-state index contributed by atoms with van der Waals surface area (Å²) in [4.78, 5) is 41.9. The molecule has 2 heterocycles. The number of carbonyl (C=O) groups excluding carboxylic acids is 1. The van der Waals surface area contributed by atoms with E-state index in [0.29, 0.717) is 11.2 Å². The molecule has 3 aromatic rings. The molecule has 0 aliphatic heterocycles. The normalized spacial score (nSPS) is 13.7. The zero-order valence-corrected chi connectivity index (χ0v) is 15.0. The maximum atomic E-state index is 12.7. The molecule has 0 unspecified atom stereocenters. The van der Waals surface area contributed by atoms with Crippen LogP contribution in [-0.2, 0) is 17.9 Å². The second kappa shape index (κ2) is 6.83. The molecule has 1 amide bonds. The molecule has 1 fully saturated rings. The molecule has 138 valence electrons. The zero-order valence-electron chi connectivity index (χ0n) is 15.0. The molecule has 0 radical (unpaired) electrons. The van der Waals surface area contributed by atoms with E-state index in [9.17, 15) is 14.4 Å². The molecule has 0 saturated heterocycles. The number of nitrogens with one attached hydrogen (secondary N) is 1. The van der Waals surface area contributed by atoms with Crippen molar-refractivity contribution in [2.45, 2.75) is 38.9 Å². The average molecular weight is 364 g/mol. The summed E-state index contributed by atoms with van der Waals surface area (Å²) in [7, 11) is 0. The molecule has 2 aromatic heterocycles. The molecule has 1 N–H and O–H groups in total. The van der Waals surface area contributed by atoms with Gasteiger partial charge in [0.05, 0.1) is 12.1 Å². The van der Waals surface area contributed by atoms with Crippen molar-refractivity contribution in [3.8, 4) is 0 Å². The van der Waals surface area contributed by atoms with E-state index >= 15 is 0 Å². The smallest absolute Gasteiger partial charge is 0.318 e. The van der Waals surface area contributed by atoms with Crippen molar-refractivity contribution in [1.29, 1.82) is 0 Å². The van der Waals surface area contributed by atoms with Gasteiger partial charge in [0.25, 0.3) is 0 Å². The molecule has 1 aliphatic carbocycles. The number of benzene rings is 1. The van der Waals surface area contributed by atoms with Crippen molar-refractivity contribution in [2.24, 2.45) is 0 Å². The molecule has 4 rings (SSSR count). The van der Waals surface area contributed by atoms with Crippen LogP contribution in [0.25, 0.3) is 11.2 Å². The summed E-state index contributed by atoms with van der Waals surface area (Å²) in [5.41, 5.74) is 1.49. The van der Waals surface area contributed by atoms with Crippen LogP contribution in [0, 0.1) is 6.92 Å². The van der Waals surface area contributed by atoms with Gasteiger partial charge in [-0.15, -0.1) is 0 Å². The van der Waals surface area contributed by atoms with Crippen molar-refractivity contribution >= 4 is 17.1 Å². The maximum absolute atomic E-state index is 12.7. The van der Waals surface area contributed by atoms with Crippen LogP contribution in [0.15, 0.2) is 52.2 Å². The molecule has 1 saturated carbocycles. The van der Waals surface area contributed by atoms with Crippen LogP contribution in [0.3, 0.4) is 0 Å². The highest BCUT2D eigenvalue weighted by molar-refractivity contribution is 5.79. The molecule has 0 bridgehead atoms. The van der Waals surface area contributed by atoms with Crippen molar-refractivity contribution in [2.75, 3.05) is 0 Å². The number of aromatic nitrogens is 3. The van der Waals surface area contributed by atoms with Crippen molar-refractivity contribution in [3.05, 3.63) is 74.4 Å². The monoisotopic (exact) mass is 364 g/mol. The van der Waals surface area contributed by atoms with Gasteiger partial charge in [-0.05, 0) is 37.5 Å². The highest BCUT2D eigenvalue weighted by Gasteiger charge is 2.24. The Labute approximate surface area is 155 Å². The second-order valence-electron chi connectivity index (χ2n) is 6.96. The highest BCUT2D eigenvalue weighted by atomic mass is 16.2. The van der Waals surface area contributed by atoms with Crippen LogP contribution in [0.1, 0.15) is 24.0 Å². The summed E-state index contributed by atoms with van der Waals surface area (Å²) < 4.78 is 2.59. The predicted molar refractivity (Wildman–Crippen MR) is 102 cm³/mol. The Bertz CT molecular complexity index is 1120. The molecular formula is C20H20N4O3. The summed E-state index contributed by atoms with van der Waals surface area (Å²) in [6.45, 7) is 2.05. The van der Waals surface area contributed by atoms with Crippen LogP contribution < -0.4 is 16.4 Å². The van der Waals surface area contributed by atoms with Crippen LogP contribution in [0.5, 0.6) is 0 Å². The number of carbonyl (C=O) groups is 1. The van der Waals surface area contributed by atoms with E-state index < -0.39 is 11.1 Å².